The smallest absolute Gasteiger partial charge is 0.239 e. The fourth-order valence-corrected chi connectivity index (χ4v) is 8.90. The monoisotopic (exact) mass is 685 g/mol. The van der Waals surface area contributed by atoms with Crippen LogP contribution in [0.4, 0.5) is 5.69 Å². The Morgan fingerprint density at radius 2 is 1.00 bits per heavy atom. The van der Waals surface area contributed by atoms with Crippen LogP contribution >= 0.6 is 23.2 Å². The van der Waals surface area contributed by atoms with E-state index in [1.54, 1.807) is 26.4 Å². The van der Waals surface area contributed by atoms with E-state index in [0.717, 1.165) is 16.0 Å². The lowest BCUT2D eigenvalue weighted by atomic mass is 9.59. The van der Waals surface area contributed by atoms with Crippen LogP contribution in [0, 0.1) is 11.8 Å². The number of carbonyl (C=O) groups is 3. The van der Waals surface area contributed by atoms with Crippen LogP contribution in [0.5, 0.6) is 11.5 Å². The number of fused-ring (bicyclic) bond motifs is 5. The maximum Gasteiger partial charge on any atom is 0.239 e. The summed E-state index contributed by atoms with van der Waals surface area (Å²) in [5.41, 5.74) is 1.14. The second-order valence-corrected chi connectivity index (χ2v) is 13.3. The highest BCUT2D eigenvalue weighted by molar-refractivity contribution is 6.42. The van der Waals surface area contributed by atoms with E-state index in [9.17, 15) is 0 Å². The Kier molecular flexibility index (Phi) is 7.28. The number of nitrogens with zero attached hydrogens (tertiary/aromatic N) is 1. The second kappa shape index (κ2) is 11.5. The summed E-state index contributed by atoms with van der Waals surface area (Å²) in [6, 6.07) is 38.4. The fraction of sp³-hybridized carbons (Fsp3) is 0.146. The zero-order valence-electron chi connectivity index (χ0n) is 26.5. The molecule has 3 aliphatic rings. The molecule has 0 spiro atoms. The van der Waals surface area contributed by atoms with Crippen molar-refractivity contribution in [2.75, 3.05) is 19.1 Å². The number of allylic oxidation sites excluding steroid dienone is 2. The number of imide groups is 1. The number of ether oxygens (including phenoxy) is 2. The van der Waals surface area contributed by atoms with Crippen LogP contribution in [0.15, 0.2) is 127 Å². The van der Waals surface area contributed by atoms with Crippen molar-refractivity contribution in [2.45, 2.75) is 10.8 Å². The first-order chi connectivity index (χ1) is 23.8. The molecule has 5 aromatic rings. The molecule has 2 bridgehead atoms. The SMILES string of the molecule is COc1ccc(C2=C(c3ccc(OC)cc3)[C@@]3(c4ccccc4)C(=O)[C@@]2(c2ccccc2)[C@@H]2C(=O)N(c4cc(Cl)ccc4Cl)C(=O)[C@@H]23)cc1. The number of anilines is 1. The van der Waals surface area contributed by atoms with E-state index in [2.05, 4.69) is 0 Å². The molecule has 2 fully saturated rings. The average Bonchev–Trinajstić information content (AvgIpc) is 3.65. The molecule has 1 saturated heterocycles. The van der Waals surface area contributed by atoms with E-state index in [1.807, 2.05) is 109 Å². The molecule has 2 aliphatic carbocycles. The minimum absolute atomic E-state index is 0.189. The molecule has 0 unspecified atom stereocenters. The van der Waals surface area contributed by atoms with Crippen LogP contribution in [0.2, 0.25) is 10.0 Å². The Bertz CT molecular complexity index is 2050. The third kappa shape index (κ3) is 4.11. The molecule has 1 aliphatic heterocycles. The molecule has 8 rings (SSSR count). The number of hydrogen-bond acceptors (Lipinski definition) is 5. The highest BCUT2D eigenvalue weighted by Crippen LogP contribution is 2.74. The van der Waals surface area contributed by atoms with Crippen LogP contribution in [-0.2, 0) is 25.2 Å². The predicted octanol–water partition coefficient (Wildman–Crippen LogP) is 8.20. The Hall–Kier alpha value is -5.17. The number of Topliss-reactive ketones (excluding diaryl/α,β-unsaturated/α-hetero) is 1. The lowest BCUT2D eigenvalue weighted by Crippen LogP contribution is -2.45. The highest BCUT2D eigenvalue weighted by atomic mass is 35.5. The molecule has 0 N–H and O–H groups in total. The summed E-state index contributed by atoms with van der Waals surface area (Å²) in [4.78, 5) is 47.5. The maximum absolute atomic E-state index is 16.0. The lowest BCUT2D eigenvalue weighted by molar-refractivity contribution is -0.130. The average molecular weight is 687 g/mol. The van der Waals surface area contributed by atoms with Gasteiger partial charge in [0.15, 0.2) is 5.78 Å². The number of hydrogen-bond donors (Lipinski definition) is 0. The molecule has 1 heterocycles. The number of benzene rings is 5. The molecule has 2 amide bonds. The highest BCUT2D eigenvalue weighted by Gasteiger charge is 2.82. The summed E-state index contributed by atoms with van der Waals surface area (Å²) in [6.45, 7) is 0. The first kappa shape index (κ1) is 31.1. The van der Waals surface area contributed by atoms with Gasteiger partial charge < -0.3 is 9.47 Å². The van der Waals surface area contributed by atoms with E-state index in [4.69, 9.17) is 32.7 Å². The van der Waals surface area contributed by atoms with E-state index < -0.39 is 34.5 Å². The van der Waals surface area contributed by atoms with Crippen LogP contribution in [0.1, 0.15) is 22.3 Å². The van der Waals surface area contributed by atoms with Gasteiger partial charge in [-0.15, -0.1) is 0 Å². The van der Waals surface area contributed by atoms with Crippen LogP contribution < -0.4 is 14.4 Å². The third-order valence-corrected chi connectivity index (χ3v) is 10.9. The van der Waals surface area contributed by atoms with E-state index in [1.165, 1.54) is 6.07 Å². The predicted molar refractivity (Wildman–Crippen MR) is 190 cm³/mol. The Balaban J connectivity index is 1.55. The third-order valence-electron chi connectivity index (χ3n) is 10.4. The molecule has 49 heavy (non-hydrogen) atoms. The Morgan fingerprint density at radius 3 is 1.41 bits per heavy atom. The summed E-state index contributed by atoms with van der Waals surface area (Å²) in [5, 5.41) is 0.522. The number of rotatable bonds is 7. The van der Waals surface area contributed by atoms with Crippen molar-refractivity contribution in [3.05, 3.63) is 160 Å². The second-order valence-electron chi connectivity index (χ2n) is 12.4. The van der Waals surface area contributed by atoms with Gasteiger partial charge in [0.25, 0.3) is 0 Å². The van der Waals surface area contributed by atoms with Gasteiger partial charge in [0, 0.05) is 5.02 Å². The molecule has 1 saturated carbocycles. The van der Waals surface area contributed by atoms with Crippen molar-refractivity contribution < 1.29 is 23.9 Å². The van der Waals surface area contributed by atoms with Crippen LogP contribution in [-0.4, -0.2) is 31.8 Å². The van der Waals surface area contributed by atoms with Gasteiger partial charge in [0.05, 0.1) is 47.6 Å². The molecule has 0 aromatic heterocycles. The lowest BCUT2D eigenvalue weighted by Gasteiger charge is -2.39. The largest absolute Gasteiger partial charge is 0.497 e. The first-order valence-electron chi connectivity index (χ1n) is 15.8. The molecule has 5 aromatic carbocycles. The van der Waals surface area contributed by atoms with Gasteiger partial charge in [0.2, 0.25) is 11.8 Å². The van der Waals surface area contributed by atoms with Crippen molar-refractivity contribution in [1.82, 2.24) is 0 Å². The van der Waals surface area contributed by atoms with Gasteiger partial charge in [-0.3, -0.25) is 14.4 Å². The molecule has 4 atom stereocenters. The van der Waals surface area contributed by atoms with Gasteiger partial charge >= 0.3 is 0 Å². The van der Waals surface area contributed by atoms with Crippen molar-refractivity contribution in [3.8, 4) is 11.5 Å². The van der Waals surface area contributed by atoms with Gasteiger partial charge in [-0.1, -0.05) is 108 Å². The van der Waals surface area contributed by atoms with Crippen molar-refractivity contribution in [2.24, 2.45) is 11.8 Å². The minimum atomic E-state index is -1.56. The normalized spacial score (nSPS) is 24.1. The van der Waals surface area contributed by atoms with Gasteiger partial charge in [-0.2, -0.15) is 0 Å². The standard InChI is InChI=1S/C41H29Cl2NO5/c1-48-29-18-13-24(14-19-29)33-34(25-15-20-30(49-2)21-16-25)41(27-11-7-4-8-12-27)36-35(40(33,39(41)47)26-9-5-3-6-10-26)37(45)44(38(36)46)32-23-28(42)17-22-31(32)43/h3-23,35-36H,1-2H3/t35-,36+,40-,41-/m1/s1. The topological polar surface area (TPSA) is 72.9 Å². The number of ketones is 1. The Labute approximate surface area is 293 Å². The number of methoxy groups -OCH3 is 2. The molecular formula is C41H29Cl2NO5. The molecule has 0 radical (unpaired) electrons. The first-order valence-corrected chi connectivity index (χ1v) is 16.6. The van der Waals surface area contributed by atoms with Gasteiger partial charge in [-0.25, -0.2) is 4.90 Å². The van der Waals surface area contributed by atoms with Gasteiger partial charge in [0.1, 0.15) is 11.5 Å². The molecule has 6 nitrogen and oxygen atoms in total. The number of amides is 2. The number of halogens is 2. The van der Waals surface area contributed by atoms with Crippen LogP contribution in [0.3, 0.4) is 0 Å². The molecule has 8 heteroatoms. The van der Waals surface area contributed by atoms with E-state index >= 15 is 14.4 Å². The summed E-state index contributed by atoms with van der Waals surface area (Å²) >= 11 is 13.1. The summed E-state index contributed by atoms with van der Waals surface area (Å²) < 4.78 is 11.0. The summed E-state index contributed by atoms with van der Waals surface area (Å²) in [7, 11) is 3.19. The zero-order chi connectivity index (χ0) is 34.1. The zero-order valence-corrected chi connectivity index (χ0v) is 28.0. The Morgan fingerprint density at radius 1 is 0.571 bits per heavy atom. The van der Waals surface area contributed by atoms with Crippen molar-refractivity contribution in [3.63, 3.8) is 0 Å². The van der Waals surface area contributed by atoms with E-state index in [-0.39, 0.29) is 16.5 Å². The van der Waals surface area contributed by atoms with Crippen molar-refractivity contribution in [1.29, 1.82) is 0 Å². The van der Waals surface area contributed by atoms with Gasteiger partial charge in [-0.05, 0) is 75.9 Å². The molecule has 242 valence electrons. The van der Waals surface area contributed by atoms with Crippen molar-refractivity contribution >= 4 is 57.6 Å². The fourth-order valence-electron chi connectivity index (χ4n) is 8.53. The summed E-state index contributed by atoms with van der Waals surface area (Å²) in [5.74, 6) is -2.13. The van der Waals surface area contributed by atoms with Crippen LogP contribution in [0.25, 0.3) is 11.1 Å². The quantitative estimate of drug-likeness (QED) is 0.162. The molecular weight excluding hydrogens is 657 g/mol. The maximum atomic E-state index is 16.0. The van der Waals surface area contributed by atoms with E-state index in [0.29, 0.717) is 38.8 Å². The summed E-state index contributed by atoms with van der Waals surface area (Å²) in [6.07, 6.45) is 0. The minimum Gasteiger partial charge on any atom is -0.497 e. The number of carbonyl (C=O) groups excluding carboxylic acids is 3.